The Bertz CT molecular complexity index is 336. The summed E-state index contributed by atoms with van der Waals surface area (Å²) in [6.45, 7) is 0. The molecule has 0 heterocycles. The summed E-state index contributed by atoms with van der Waals surface area (Å²) in [6.07, 6.45) is 0. The molecule has 0 spiro atoms. The maximum atomic E-state index is 11.5. The van der Waals surface area contributed by atoms with E-state index in [4.69, 9.17) is 0 Å². The van der Waals surface area contributed by atoms with Gasteiger partial charge in [-0.25, -0.2) is 0 Å². The van der Waals surface area contributed by atoms with E-state index in [1.807, 2.05) is 0 Å². The Hall–Kier alpha value is -1.03. The fourth-order valence-corrected chi connectivity index (χ4v) is 1.36. The molecule has 0 aliphatic rings. The summed E-state index contributed by atoms with van der Waals surface area (Å²) in [4.78, 5) is 13.0. The number of amides is 1. The van der Waals surface area contributed by atoms with Crippen LogP contribution < -0.4 is 0 Å². The minimum atomic E-state index is -0.136. The van der Waals surface area contributed by atoms with Crippen molar-refractivity contribution in [2.24, 2.45) is 0 Å². The van der Waals surface area contributed by atoms with Gasteiger partial charge in [-0.05, 0) is 28.1 Å². The van der Waals surface area contributed by atoms with E-state index >= 15 is 0 Å². The number of phenols is 1. The Morgan fingerprint density at radius 3 is 2.62 bits per heavy atom. The fourth-order valence-electron chi connectivity index (χ4n) is 0.926. The highest BCUT2D eigenvalue weighted by molar-refractivity contribution is 9.10. The predicted octanol–water partition coefficient (Wildman–Crippen LogP) is 1.86. The Kier molecular flexibility index (Phi) is 2.93. The van der Waals surface area contributed by atoms with Crippen molar-refractivity contribution in [3.63, 3.8) is 0 Å². The van der Waals surface area contributed by atoms with Gasteiger partial charge in [0.05, 0.1) is 10.0 Å². The number of phenolic OH excluding ortho intramolecular Hbond substituents is 1. The number of carbonyl (C=O) groups is 1. The molecule has 0 saturated heterocycles. The molecule has 1 N–H and O–H groups in total. The highest BCUT2D eigenvalue weighted by atomic mass is 79.9. The van der Waals surface area contributed by atoms with Gasteiger partial charge < -0.3 is 10.0 Å². The average molecular weight is 244 g/mol. The van der Waals surface area contributed by atoms with Gasteiger partial charge in [-0.3, -0.25) is 4.79 Å². The second-order valence-electron chi connectivity index (χ2n) is 2.84. The van der Waals surface area contributed by atoms with Crippen LogP contribution in [0, 0.1) is 0 Å². The molecule has 0 unspecified atom stereocenters. The van der Waals surface area contributed by atoms with E-state index < -0.39 is 0 Å². The van der Waals surface area contributed by atoms with Gasteiger partial charge in [0.15, 0.2) is 0 Å². The molecular formula is C9H10BrNO2. The molecule has 3 nitrogen and oxygen atoms in total. The molecule has 0 atom stereocenters. The lowest BCUT2D eigenvalue weighted by atomic mass is 10.2. The first kappa shape index (κ1) is 10.1. The van der Waals surface area contributed by atoms with Crippen molar-refractivity contribution in [3.8, 4) is 5.75 Å². The quantitative estimate of drug-likeness (QED) is 0.819. The predicted molar refractivity (Wildman–Crippen MR) is 53.8 cm³/mol. The summed E-state index contributed by atoms with van der Waals surface area (Å²) in [5.74, 6) is -0.0597. The monoisotopic (exact) mass is 243 g/mol. The SMILES string of the molecule is CN(C)C(=O)c1cccc(O)c1Br. The number of halogens is 1. The second kappa shape index (κ2) is 3.79. The summed E-state index contributed by atoms with van der Waals surface area (Å²) in [6, 6.07) is 4.82. The van der Waals surface area contributed by atoms with E-state index in [0.29, 0.717) is 10.0 Å². The summed E-state index contributed by atoms with van der Waals surface area (Å²) >= 11 is 3.15. The zero-order valence-corrected chi connectivity index (χ0v) is 9.00. The molecule has 13 heavy (non-hydrogen) atoms. The molecule has 0 fully saturated rings. The van der Waals surface area contributed by atoms with Crippen LogP contribution in [0.4, 0.5) is 0 Å². The Labute approximate surface area is 85.1 Å². The smallest absolute Gasteiger partial charge is 0.254 e. The third-order valence-electron chi connectivity index (χ3n) is 1.61. The molecule has 1 aromatic rings. The maximum Gasteiger partial charge on any atom is 0.254 e. The lowest BCUT2D eigenvalue weighted by Gasteiger charge is -2.11. The third kappa shape index (κ3) is 2.01. The summed E-state index contributed by atoms with van der Waals surface area (Å²) in [7, 11) is 3.33. The van der Waals surface area contributed by atoms with Crippen molar-refractivity contribution in [3.05, 3.63) is 28.2 Å². The lowest BCUT2D eigenvalue weighted by molar-refractivity contribution is 0.0826. The Morgan fingerprint density at radius 2 is 2.08 bits per heavy atom. The summed E-state index contributed by atoms with van der Waals surface area (Å²) in [5.41, 5.74) is 0.463. The molecule has 0 radical (unpaired) electrons. The van der Waals surface area contributed by atoms with Gasteiger partial charge in [0.1, 0.15) is 5.75 Å². The van der Waals surface area contributed by atoms with Crippen LogP contribution in [0.2, 0.25) is 0 Å². The Balaban J connectivity index is 3.15. The van der Waals surface area contributed by atoms with Crippen molar-refractivity contribution >= 4 is 21.8 Å². The van der Waals surface area contributed by atoms with Gasteiger partial charge in [-0.15, -0.1) is 0 Å². The van der Waals surface area contributed by atoms with Gasteiger partial charge >= 0.3 is 0 Å². The first-order valence-electron chi connectivity index (χ1n) is 3.73. The molecule has 4 heteroatoms. The van der Waals surface area contributed by atoms with E-state index in [1.54, 1.807) is 26.2 Å². The molecule has 0 aromatic heterocycles. The van der Waals surface area contributed by atoms with Crippen LogP contribution >= 0.6 is 15.9 Å². The van der Waals surface area contributed by atoms with Crippen LogP contribution in [0.3, 0.4) is 0 Å². The number of rotatable bonds is 1. The molecule has 0 aliphatic heterocycles. The highest BCUT2D eigenvalue weighted by Crippen LogP contribution is 2.27. The number of benzene rings is 1. The lowest BCUT2D eigenvalue weighted by Crippen LogP contribution is -2.21. The first-order valence-corrected chi connectivity index (χ1v) is 4.52. The maximum absolute atomic E-state index is 11.5. The Morgan fingerprint density at radius 1 is 1.46 bits per heavy atom. The van der Waals surface area contributed by atoms with Crippen molar-refractivity contribution in [2.45, 2.75) is 0 Å². The summed E-state index contributed by atoms with van der Waals surface area (Å²) < 4.78 is 0.439. The van der Waals surface area contributed by atoms with Crippen LogP contribution in [-0.2, 0) is 0 Å². The molecule has 70 valence electrons. The van der Waals surface area contributed by atoms with Crippen molar-refractivity contribution < 1.29 is 9.90 Å². The normalized spacial score (nSPS) is 9.77. The largest absolute Gasteiger partial charge is 0.507 e. The van der Waals surface area contributed by atoms with Crippen LogP contribution in [0.1, 0.15) is 10.4 Å². The van der Waals surface area contributed by atoms with Crippen molar-refractivity contribution in [1.29, 1.82) is 0 Å². The average Bonchev–Trinajstić information content (AvgIpc) is 2.08. The zero-order valence-electron chi connectivity index (χ0n) is 7.41. The van der Waals surface area contributed by atoms with E-state index in [-0.39, 0.29) is 11.7 Å². The van der Waals surface area contributed by atoms with Gasteiger partial charge in [0.25, 0.3) is 5.91 Å². The van der Waals surface area contributed by atoms with Gasteiger partial charge in [-0.1, -0.05) is 6.07 Å². The van der Waals surface area contributed by atoms with Crippen LogP contribution in [0.15, 0.2) is 22.7 Å². The van der Waals surface area contributed by atoms with Crippen molar-refractivity contribution in [1.82, 2.24) is 4.90 Å². The molecule has 1 rings (SSSR count). The molecule has 0 aliphatic carbocycles. The van der Waals surface area contributed by atoms with Gasteiger partial charge in [0.2, 0.25) is 0 Å². The number of hydrogen-bond acceptors (Lipinski definition) is 2. The van der Waals surface area contributed by atoms with Crippen LogP contribution in [0.25, 0.3) is 0 Å². The standard InChI is InChI=1S/C9H10BrNO2/c1-11(2)9(13)6-4-3-5-7(12)8(6)10/h3-5,12H,1-2H3. The molecule has 1 amide bonds. The fraction of sp³-hybridized carbons (Fsp3) is 0.222. The molecular weight excluding hydrogens is 234 g/mol. The third-order valence-corrected chi connectivity index (χ3v) is 2.45. The number of carbonyl (C=O) groups excluding carboxylic acids is 1. The minimum absolute atomic E-state index is 0.0766. The molecule has 0 saturated carbocycles. The summed E-state index contributed by atoms with van der Waals surface area (Å²) in [5, 5.41) is 9.31. The van der Waals surface area contributed by atoms with E-state index in [2.05, 4.69) is 15.9 Å². The van der Waals surface area contributed by atoms with E-state index in [0.717, 1.165) is 0 Å². The second-order valence-corrected chi connectivity index (χ2v) is 3.63. The van der Waals surface area contributed by atoms with E-state index in [9.17, 15) is 9.90 Å². The van der Waals surface area contributed by atoms with Crippen molar-refractivity contribution in [2.75, 3.05) is 14.1 Å². The number of aromatic hydroxyl groups is 1. The van der Waals surface area contributed by atoms with Gasteiger partial charge in [-0.2, -0.15) is 0 Å². The number of nitrogens with zero attached hydrogens (tertiary/aromatic N) is 1. The van der Waals surface area contributed by atoms with E-state index in [1.165, 1.54) is 11.0 Å². The number of hydrogen-bond donors (Lipinski definition) is 1. The topological polar surface area (TPSA) is 40.5 Å². The highest BCUT2D eigenvalue weighted by Gasteiger charge is 2.13. The minimum Gasteiger partial charge on any atom is -0.507 e. The zero-order chi connectivity index (χ0) is 10.0. The molecule has 0 bridgehead atoms. The van der Waals surface area contributed by atoms with Crippen LogP contribution in [-0.4, -0.2) is 30.0 Å². The first-order chi connectivity index (χ1) is 6.04. The van der Waals surface area contributed by atoms with Gasteiger partial charge in [0, 0.05) is 14.1 Å². The van der Waals surface area contributed by atoms with Crippen LogP contribution in [0.5, 0.6) is 5.75 Å². The molecule has 1 aromatic carbocycles.